The summed E-state index contributed by atoms with van der Waals surface area (Å²) in [5.74, 6) is -4.13. The molecule has 0 saturated heterocycles. The van der Waals surface area contributed by atoms with E-state index in [2.05, 4.69) is 16.0 Å². The van der Waals surface area contributed by atoms with E-state index in [0.717, 1.165) is 5.56 Å². The van der Waals surface area contributed by atoms with Crippen LogP contribution in [-0.4, -0.2) is 64.9 Å². The lowest BCUT2D eigenvalue weighted by Crippen LogP contribution is -2.56. The second-order valence-corrected chi connectivity index (χ2v) is 8.49. The van der Waals surface area contributed by atoms with Gasteiger partial charge in [0.25, 0.3) is 5.91 Å². The molecule has 200 valence electrons. The highest BCUT2D eigenvalue weighted by Crippen LogP contribution is 2.15. The summed E-state index contributed by atoms with van der Waals surface area (Å²) in [7, 11) is 0. The number of hydrogen-bond acceptors (Lipinski definition) is 7. The van der Waals surface area contributed by atoms with Gasteiger partial charge < -0.3 is 26.8 Å². The molecular formula is C24H36N4O7S. The molecule has 4 amide bonds. The van der Waals surface area contributed by atoms with Gasteiger partial charge in [-0.15, -0.1) is 0 Å². The van der Waals surface area contributed by atoms with Crippen molar-refractivity contribution in [2.24, 2.45) is 5.73 Å². The number of ketones is 1. The number of rotatable bonds is 14. The van der Waals surface area contributed by atoms with Crippen LogP contribution in [-0.2, 0) is 29.7 Å². The Morgan fingerprint density at radius 1 is 0.972 bits per heavy atom. The molecule has 0 saturated carbocycles. The molecule has 0 aliphatic heterocycles. The van der Waals surface area contributed by atoms with Crippen molar-refractivity contribution >= 4 is 47.1 Å². The van der Waals surface area contributed by atoms with E-state index in [1.165, 1.54) is 25.6 Å². The lowest BCUT2D eigenvalue weighted by atomic mass is 10.1. The summed E-state index contributed by atoms with van der Waals surface area (Å²) >= 11 is 1.50. The number of Topliss-reactive ketones (excluding diaryl/α,β-unsaturated/α-hetero) is 1. The lowest BCUT2D eigenvalue weighted by molar-refractivity contribution is -0.137. The van der Waals surface area contributed by atoms with Gasteiger partial charge in [0, 0.05) is 17.7 Å². The monoisotopic (exact) mass is 524 g/mol. The topological polar surface area (TPSA) is 185 Å². The maximum atomic E-state index is 12.9. The minimum Gasteiger partial charge on any atom is -0.481 e. The Balaban J connectivity index is 0.00000596. The minimum absolute atomic E-state index is 0.258. The van der Waals surface area contributed by atoms with Crippen LogP contribution in [0.25, 0.3) is 0 Å². The summed E-state index contributed by atoms with van der Waals surface area (Å²) in [6, 6.07) is 3.19. The van der Waals surface area contributed by atoms with Gasteiger partial charge in [-0.25, -0.2) is 0 Å². The highest BCUT2D eigenvalue weighted by molar-refractivity contribution is 7.97. The van der Waals surface area contributed by atoms with Crippen molar-refractivity contribution in [3.05, 3.63) is 35.4 Å². The van der Waals surface area contributed by atoms with E-state index in [1.807, 2.05) is 20.1 Å². The van der Waals surface area contributed by atoms with Crippen LogP contribution < -0.4 is 21.7 Å². The van der Waals surface area contributed by atoms with Crippen LogP contribution in [0, 0.1) is 0 Å². The van der Waals surface area contributed by atoms with Gasteiger partial charge in [0.1, 0.15) is 12.1 Å². The fourth-order valence-corrected chi connectivity index (χ4v) is 3.46. The molecule has 36 heavy (non-hydrogen) atoms. The molecule has 0 spiro atoms. The Morgan fingerprint density at radius 2 is 1.56 bits per heavy atom. The minimum atomic E-state index is -1.42. The van der Waals surface area contributed by atoms with Crippen molar-refractivity contribution in [3.63, 3.8) is 0 Å². The van der Waals surface area contributed by atoms with Crippen LogP contribution in [0.1, 0.15) is 62.9 Å². The zero-order chi connectivity index (χ0) is 27.8. The predicted octanol–water partition coefficient (Wildman–Crippen LogP) is 0.993. The maximum Gasteiger partial charge on any atom is 0.303 e. The van der Waals surface area contributed by atoms with Gasteiger partial charge in [0.2, 0.25) is 17.7 Å². The number of carboxylic acids is 1. The van der Waals surface area contributed by atoms with E-state index in [0.29, 0.717) is 11.3 Å². The summed E-state index contributed by atoms with van der Waals surface area (Å²) in [5, 5.41) is 16.3. The molecule has 1 aromatic rings. The second-order valence-electron chi connectivity index (χ2n) is 7.62. The maximum absolute atomic E-state index is 12.9. The van der Waals surface area contributed by atoms with Gasteiger partial charge in [-0.3, -0.25) is 28.8 Å². The zero-order valence-electron chi connectivity index (χ0n) is 21.3. The molecule has 6 N–H and O–H groups in total. The Morgan fingerprint density at radius 3 is 2.08 bits per heavy atom. The van der Waals surface area contributed by atoms with Gasteiger partial charge in [-0.05, 0) is 38.2 Å². The molecule has 1 rings (SSSR count). The summed E-state index contributed by atoms with van der Waals surface area (Å²) < 4.78 is 0. The fourth-order valence-electron chi connectivity index (χ4n) is 2.89. The first-order chi connectivity index (χ1) is 17.0. The van der Waals surface area contributed by atoms with Crippen LogP contribution in [0.2, 0.25) is 0 Å². The predicted molar refractivity (Wildman–Crippen MR) is 137 cm³/mol. The van der Waals surface area contributed by atoms with E-state index < -0.39 is 60.6 Å². The van der Waals surface area contributed by atoms with Crippen LogP contribution in [0.3, 0.4) is 0 Å². The molecular weight excluding hydrogens is 488 g/mol. The van der Waals surface area contributed by atoms with Crippen molar-refractivity contribution in [1.29, 1.82) is 0 Å². The Bertz CT molecular complexity index is 939. The first-order valence-electron chi connectivity index (χ1n) is 11.4. The molecule has 0 aliphatic rings. The van der Waals surface area contributed by atoms with Gasteiger partial charge in [-0.2, -0.15) is 11.8 Å². The SMILES string of the molecule is CC.CSCc1ccccc1C(=O)NC(CCC(=O)O)C(=O)NC(CC(N)=O)C(=O)NC(C)C(C)=O. The van der Waals surface area contributed by atoms with Crippen molar-refractivity contribution in [1.82, 2.24) is 16.0 Å². The van der Waals surface area contributed by atoms with Crippen LogP contribution in [0.5, 0.6) is 0 Å². The number of primary amides is 1. The smallest absolute Gasteiger partial charge is 0.303 e. The average molecular weight is 525 g/mol. The Kier molecular flexibility index (Phi) is 15.5. The summed E-state index contributed by atoms with van der Waals surface area (Å²) in [4.78, 5) is 72.3. The van der Waals surface area contributed by atoms with E-state index in [-0.39, 0.29) is 12.2 Å². The molecule has 1 aromatic carbocycles. The molecule has 3 unspecified atom stereocenters. The van der Waals surface area contributed by atoms with Crippen molar-refractivity contribution in [2.75, 3.05) is 6.26 Å². The van der Waals surface area contributed by atoms with Gasteiger partial charge in [0.05, 0.1) is 12.5 Å². The number of aliphatic carboxylic acids is 1. The first-order valence-corrected chi connectivity index (χ1v) is 12.8. The molecule has 12 heteroatoms. The second kappa shape index (κ2) is 17.1. The van der Waals surface area contributed by atoms with Crippen LogP contribution in [0.15, 0.2) is 24.3 Å². The number of thioether (sulfide) groups is 1. The molecule has 0 bridgehead atoms. The van der Waals surface area contributed by atoms with Crippen molar-refractivity contribution in [2.45, 2.75) is 70.8 Å². The summed E-state index contributed by atoms with van der Waals surface area (Å²) in [6.45, 7) is 6.70. The number of hydrogen-bond donors (Lipinski definition) is 5. The van der Waals surface area contributed by atoms with E-state index in [4.69, 9.17) is 10.8 Å². The molecule has 0 heterocycles. The number of carbonyl (C=O) groups excluding carboxylic acids is 5. The third-order valence-corrected chi connectivity index (χ3v) is 5.44. The van der Waals surface area contributed by atoms with Crippen LogP contribution in [0.4, 0.5) is 0 Å². The Hall–Kier alpha value is -3.41. The Labute approximate surface area is 215 Å². The number of amides is 4. The quantitative estimate of drug-likeness (QED) is 0.238. The standard InChI is InChI=1S/C22H30N4O7S.C2H6/c1-12(13(2)27)24-22(33)17(10-18(23)28)26-21(32)16(8-9-19(29)30)25-20(31)15-7-5-4-6-14(15)11-34-3;1-2/h4-7,12,16-17H,8-11H2,1-3H3,(H2,23,28)(H,24,33)(H,25,31)(H,26,32)(H,29,30);1-2H3. The van der Waals surface area contributed by atoms with E-state index in [1.54, 1.807) is 24.3 Å². The van der Waals surface area contributed by atoms with Gasteiger partial charge >= 0.3 is 5.97 Å². The third-order valence-electron chi connectivity index (χ3n) is 4.84. The highest BCUT2D eigenvalue weighted by Gasteiger charge is 2.30. The molecule has 0 radical (unpaired) electrons. The van der Waals surface area contributed by atoms with Crippen molar-refractivity contribution in [3.8, 4) is 0 Å². The van der Waals surface area contributed by atoms with Crippen molar-refractivity contribution < 1.29 is 33.9 Å². The number of nitrogens with two attached hydrogens (primary N) is 1. The molecule has 0 aliphatic carbocycles. The highest BCUT2D eigenvalue weighted by atomic mass is 32.2. The van der Waals surface area contributed by atoms with E-state index in [9.17, 15) is 28.8 Å². The molecule has 11 nitrogen and oxygen atoms in total. The molecule has 0 fully saturated rings. The number of benzene rings is 1. The first kappa shape index (κ1) is 32.6. The summed E-state index contributed by atoms with van der Waals surface area (Å²) in [5.41, 5.74) is 6.24. The molecule has 0 aromatic heterocycles. The summed E-state index contributed by atoms with van der Waals surface area (Å²) in [6.07, 6.45) is 0.623. The number of carboxylic acid groups (broad SMARTS) is 1. The van der Waals surface area contributed by atoms with Gasteiger partial charge in [0.15, 0.2) is 5.78 Å². The average Bonchev–Trinajstić information content (AvgIpc) is 2.82. The largest absolute Gasteiger partial charge is 0.481 e. The normalized spacial score (nSPS) is 12.6. The van der Waals surface area contributed by atoms with Crippen LogP contribution >= 0.6 is 11.8 Å². The molecule has 3 atom stereocenters. The fraction of sp³-hybridized carbons (Fsp3) is 0.500. The van der Waals surface area contributed by atoms with Gasteiger partial charge in [-0.1, -0.05) is 32.0 Å². The van der Waals surface area contributed by atoms with E-state index >= 15 is 0 Å². The number of nitrogens with one attached hydrogen (secondary N) is 3. The third kappa shape index (κ3) is 11.8. The number of carbonyl (C=O) groups is 6. The lowest BCUT2D eigenvalue weighted by Gasteiger charge is -2.23. The zero-order valence-corrected chi connectivity index (χ0v) is 22.1.